The van der Waals surface area contributed by atoms with E-state index in [9.17, 15) is 35.1 Å². The lowest BCUT2D eigenvalue weighted by Gasteiger charge is -2.37. The summed E-state index contributed by atoms with van der Waals surface area (Å²) in [4.78, 5) is 29.4. The first-order valence-electron chi connectivity index (χ1n) is 16.6. The Kier molecular flexibility index (Phi) is 10.3. The van der Waals surface area contributed by atoms with Gasteiger partial charge in [-0.2, -0.15) is 0 Å². The number of amides is 2. The van der Waals surface area contributed by atoms with Crippen molar-refractivity contribution in [3.05, 3.63) is 82.3 Å². The zero-order valence-electron chi connectivity index (χ0n) is 28.2. The van der Waals surface area contributed by atoms with Gasteiger partial charge in [0.25, 0.3) is 11.8 Å². The molecule has 9 atom stereocenters. The molecule has 3 aromatic rings. The number of carbonyl (C=O) groups excluding carboxylic acids is 2. The molecule has 3 heterocycles. The zero-order valence-corrected chi connectivity index (χ0v) is 30.8. The van der Waals surface area contributed by atoms with Gasteiger partial charge in [0.15, 0.2) is 18.0 Å². The second-order valence-electron chi connectivity index (χ2n) is 13.8. The third kappa shape index (κ3) is 6.20. The fraction of sp³-hybridized carbons (Fsp3) is 0.444. The third-order valence-corrected chi connectivity index (χ3v) is 15.5. The smallest absolute Gasteiger partial charge is 0.264 e. The molecule has 3 aliphatic heterocycles. The van der Waals surface area contributed by atoms with Gasteiger partial charge in [0, 0.05) is 28.2 Å². The minimum atomic E-state index is -2.32. The van der Waals surface area contributed by atoms with Gasteiger partial charge in [-0.3, -0.25) is 9.59 Å². The minimum Gasteiger partial charge on any atom is -0.497 e. The molecule has 268 valence electrons. The van der Waals surface area contributed by atoms with Crippen LogP contribution in [0.1, 0.15) is 24.5 Å². The summed E-state index contributed by atoms with van der Waals surface area (Å²) in [5.41, 5.74) is 1.37. The van der Waals surface area contributed by atoms with Gasteiger partial charge < -0.3 is 50.0 Å². The van der Waals surface area contributed by atoms with E-state index in [1.807, 2.05) is 30.3 Å². The number of benzene rings is 3. The molecule has 2 saturated heterocycles. The number of nitrogens with one attached hydrogen (secondary N) is 1. The molecule has 3 aromatic carbocycles. The highest BCUT2D eigenvalue weighted by Crippen LogP contribution is 2.60. The van der Waals surface area contributed by atoms with Crippen LogP contribution < -0.4 is 20.1 Å². The largest absolute Gasteiger partial charge is 0.497 e. The number of methoxy groups -OCH3 is 1. The molecule has 2 fully saturated rings. The second-order valence-corrected chi connectivity index (χ2v) is 19.4. The van der Waals surface area contributed by atoms with Crippen LogP contribution in [0.3, 0.4) is 0 Å². The minimum absolute atomic E-state index is 0.00109. The van der Waals surface area contributed by atoms with Crippen molar-refractivity contribution in [3.63, 3.8) is 0 Å². The highest BCUT2D eigenvalue weighted by atomic mass is 79.9. The summed E-state index contributed by atoms with van der Waals surface area (Å²) in [7, 11) is -0.685. The molecular weight excluding hydrogens is 728 g/mol. The molecule has 0 bridgehead atoms. The van der Waals surface area contributed by atoms with Gasteiger partial charge in [0.2, 0.25) is 0 Å². The van der Waals surface area contributed by atoms with Crippen LogP contribution in [0.5, 0.6) is 5.75 Å². The summed E-state index contributed by atoms with van der Waals surface area (Å²) >= 11 is 3.61. The maximum atomic E-state index is 14.8. The molecule has 0 saturated carbocycles. The van der Waals surface area contributed by atoms with Crippen molar-refractivity contribution in [1.29, 1.82) is 0 Å². The molecule has 50 heavy (non-hydrogen) atoms. The maximum Gasteiger partial charge on any atom is 0.264 e. The normalized spacial score (nSPS) is 30.8. The number of nitrogens with zero attached hydrogens (tertiary/aromatic N) is 1. The molecular formula is C36H43BrN2O10Si. The standard InChI is InChI=1S/C36H43BrN2O10Si/c1-19-32(50(3,4)24-12-10-23(47-2)11-13-24)27(15-16-40)49-36(19)25-17-21(37)7-14-26(25)39(35(36)46)18-20-5-8-22(9-6-20)38-33(44)31-29(42)28(41)30(43)34(45)48-31/h5-14,17,19,27-32,34,40-43,45H,15-16,18H2,1-4H3,(H,38,44)/t19-,27+,28+,29+,30-,31+,32-,34-,36+/m1/s1. The Morgan fingerprint density at radius 3 is 2.32 bits per heavy atom. The Morgan fingerprint density at radius 2 is 1.68 bits per heavy atom. The second kappa shape index (κ2) is 14.1. The first-order chi connectivity index (χ1) is 23.7. The maximum absolute atomic E-state index is 14.8. The number of fused-ring (bicyclic) bond motifs is 2. The SMILES string of the molecule is COc1ccc([Si](C)(C)[C@H]2[C@H](CCO)O[C@@]3(C(=O)N(Cc4ccc(NC(=O)[C@H]5O[C@@H](O)[C@H](O)[C@@H](O)[C@@H]5O)cc4)c4ccc(Br)cc43)[C@@H]2C)cc1. The number of hydrogen-bond donors (Lipinski definition) is 6. The zero-order chi connectivity index (χ0) is 36.1. The predicted octanol–water partition coefficient (Wildman–Crippen LogP) is 2.34. The number of hydrogen-bond acceptors (Lipinski definition) is 10. The first kappa shape index (κ1) is 36.6. The Morgan fingerprint density at radius 1 is 1.00 bits per heavy atom. The highest BCUT2D eigenvalue weighted by Gasteiger charge is 2.66. The van der Waals surface area contributed by atoms with Gasteiger partial charge in [-0.1, -0.05) is 65.4 Å². The van der Waals surface area contributed by atoms with Crippen LogP contribution in [0.4, 0.5) is 11.4 Å². The van der Waals surface area contributed by atoms with Gasteiger partial charge in [-0.25, -0.2) is 0 Å². The van der Waals surface area contributed by atoms with Crippen molar-refractivity contribution in [2.24, 2.45) is 5.92 Å². The quantitative estimate of drug-likeness (QED) is 0.177. The molecule has 1 spiro atoms. The summed E-state index contributed by atoms with van der Waals surface area (Å²) in [6, 6.07) is 20.6. The Labute approximate surface area is 299 Å². The molecule has 0 aliphatic carbocycles. The summed E-state index contributed by atoms with van der Waals surface area (Å²) in [5, 5.41) is 53.7. The molecule has 0 radical (unpaired) electrons. The Balaban J connectivity index is 1.26. The molecule has 0 aromatic heterocycles. The van der Waals surface area contributed by atoms with E-state index in [1.54, 1.807) is 36.3 Å². The van der Waals surface area contributed by atoms with Crippen molar-refractivity contribution in [3.8, 4) is 5.75 Å². The van der Waals surface area contributed by atoms with E-state index < -0.39 is 50.3 Å². The van der Waals surface area contributed by atoms with Crippen LogP contribution in [0.2, 0.25) is 18.6 Å². The van der Waals surface area contributed by atoms with Crippen LogP contribution in [-0.4, -0.2) is 95.9 Å². The average Bonchev–Trinajstić information content (AvgIpc) is 3.52. The van der Waals surface area contributed by atoms with E-state index >= 15 is 0 Å². The average molecular weight is 772 g/mol. The van der Waals surface area contributed by atoms with Crippen molar-refractivity contribution in [1.82, 2.24) is 0 Å². The van der Waals surface area contributed by atoms with Crippen LogP contribution >= 0.6 is 15.9 Å². The van der Waals surface area contributed by atoms with Gasteiger partial charge in [0.05, 0.1) is 33.5 Å². The first-order valence-corrected chi connectivity index (χ1v) is 20.4. The van der Waals surface area contributed by atoms with E-state index in [0.29, 0.717) is 12.1 Å². The van der Waals surface area contributed by atoms with Crippen molar-refractivity contribution in [2.75, 3.05) is 23.9 Å². The van der Waals surface area contributed by atoms with Crippen LogP contribution in [0, 0.1) is 5.92 Å². The summed E-state index contributed by atoms with van der Waals surface area (Å²) in [6.45, 7) is 6.82. The number of rotatable bonds is 9. The summed E-state index contributed by atoms with van der Waals surface area (Å²) < 4.78 is 18.2. The number of halogens is 1. The lowest BCUT2D eigenvalue weighted by atomic mass is 9.82. The Bertz CT molecular complexity index is 1730. The molecule has 6 rings (SSSR count). The number of anilines is 2. The fourth-order valence-electron chi connectivity index (χ4n) is 8.01. The lowest BCUT2D eigenvalue weighted by molar-refractivity contribution is -0.274. The van der Waals surface area contributed by atoms with E-state index in [-0.39, 0.29) is 36.6 Å². The third-order valence-electron chi connectivity index (χ3n) is 10.6. The predicted molar refractivity (Wildman–Crippen MR) is 191 cm³/mol. The fourth-order valence-corrected chi connectivity index (χ4v) is 12.4. The van der Waals surface area contributed by atoms with Crippen LogP contribution in [0.25, 0.3) is 0 Å². The van der Waals surface area contributed by atoms with Crippen molar-refractivity contribution in [2.45, 2.75) is 80.9 Å². The van der Waals surface area contributed by atoms with E-state index in [1.165, 1.54) is 5.19 Å². The molecule has 3 aliphatic rings. The number of ether oxygens (including phenoxy) is 3. The van der Waals surface area contributed by atoms with E-state index in [4.69, 9.17) is 14.2 Å². The van der Waals surface area contributed by atoms with Gasteiger partial charge >= 0.3 is 0 Å². The van der Waals surface area contributed by atoms with Gasteiger partial charge in [0.1, 0.15) is 24.1 Å². The lowest BCUT2D eigenvalue weighted by Crippen LogP contribution is -2.60. The van der Waals surface area contributed by atoms with Crippen LogP contribution in [-0.2, 0) is 31.2 Å². The van der Waals surface area contributed by atoms with E-state index in [0.717, 1.165) is 27.0 Å². The summed E-state index contributed by atoms with van der Waals surface area (Å²) in [6.07, 6.45) is -8.67. The molecule has 14 heteroatoms. The molecule has 0 unspecified atom stereocenters. The molecule has 6 N–H and O–H groups in total. The summed E-state index contributed by atoms with van der Waals surface area (Å²) in [5.74, 6) is -0.442. The number of aliphatic hydroxyl groups excluding tert-OH is 5. The monoisotopic (exact) mass is 770 g/mol. The van der Waals surface area contributed by atoms with Gasteiger partial charge in [-0.05, 0) is 60.0 Å². The van der Waals surface area contributed by atoms with Crippen LogP contribution in [0.15, 0.2) is 71.2 Å². The van der Waals surface area contributed by atoms with E-state index in [2.05, 4.69) is 53.4 Å². The highest BCUT2D eigenvalue weighted by molar-refractivity contribution is 9.10. The van der Waals surface area contributed by atoms with Crippen molar-refractivity contribution < 1.29 is 49.3 Å². The Hall–Kier alpha value is -3.18. The topological polar surface area (TPSA) is 178 Å². The van der Waals surface area contributed by atoms with Crippen molar-refractivity contribution >= 4 is 52.4 Å². The number of aliphatic hydroxyl groups is 5. The van der Waals surface area contributed by atoms with Gasteiger partial charge in [-0.15, -0.1) is 0 Å². The molecule has 2 amide bonds. The number of carbonyl (C=O) groups is 2. The molecule has 12 nitrogen and oxygen atoms in total.